The first-order chi connectivity index (χ1) is 9.08. The normalized spacial score (nSPS) is 12.2. The van der Waals surface area contributed by atoms with Gasteiger partial charge in [0.05, 0.1) is 10.5 Å². The van der Waals surface area contributed by atoms with Gasteiger partial charge in [-0.3, -0.25) is 4.79 Å². The molecule has 20 heavy (non-hydrogen) atoms. The lowest BCUT2D eigenvalue weighted by Crippen LogP contribution is -2.31. The van der Waals surface area contributed by atoms with Crippen LogP contribution in [0.1, 0.15) is 26.3 Å². The van der Waals surface area contributed by atoms with Crippen LogP contribution >= 0.6 is 10.7 Å². The largest absolute Gasteiger partial charge is 0.366 e. The summed E-state index contributed by atoms with van der Waals surface area (Å²) in [6.45, 7) is 5.88. The minimum absolute atomic E-state index is 0.0162. The van der Waals surface area contributed by atoms with Crippen LogP contribution in [0.4, 0.5) is 0 Å². The fourth-order valence-corrected chi connectivity index (χ4v) is 2.07. The molecule has 0 aliphatic heterocycles. The van der Waals surface area contributed by atoms with Crippen molar-refractivity contribution in [1.82, 2.24) is 5.32 Å². The zero-order valence-corrected chi connectivity index (χ0v) is 13.2. The van der Waals surface area contributed by atoms with Crippen molar-refractivity contribution in [2.45, 2.75) is 37.8 Å². The highest BCUT2D eigenvalue weighted by Gasteiger charge is 2.13. The summed E-state index contributed by atoms with van der Waals surface area (Å²) in [6.07, 6.45) is 0. The SMILES string of the molecule is CC(C)(C)OCC(=O)NCc1ccc(S(=O)(=O)Cl)cc1. The van der Waals surface area contributed by atoms with Crippen LogP contribution in [0.25, 0.3) is 0 Å². The van der Waals surface area contributed by atoms with Crippen molar-refractivity contribution in [3.63, 3.8) is 0 Å². The van der Waals surface area contributed by atoms with Crippen LogP contribution in [0.3, 0.4) is 0 Å². The number of amides is 1. The molecule has 0 saturated heterocycles. The van der Waals surface area contributed by atoms with Crippen molar-refractivity contribution >= 4 is 25.6 Å². The third-order valence-electron chi connectivity index (χ3n) is 2.33. The molecule has 0 unspecified atom stereocenters. The third kappa shape index (κ3) is 6.36. The van der Waals surface area contributed by atoms with Gasteiger partial charge in [0.25, 0.3) is 9.05 Å². The molecule has 0 fully saturated rings. The van der Waals surface area contributed by atoms with E-state index < -0.39 is 9.05 Å². The van der Waals surface area contributed by atoms with Crippen molar-refractivity contribution in [2.75, 3.05) is 6.61 Å². The highest BCUT2D eigenvalue weighted by Crippen LogP contribution is 2.15. The van der Waals surface area contributed by atoms with Gasteiger partial charge in [-0.15, -0.1) is 0 Å². The van der Waals surface area contributed by atoms with Crippen molar-refractivity contribution < 1.29 is 17.9 Å². The number of nitrogens with one attached hydrogen (secondary N) is 1. The Kier molecular flexibility index (Phi) is 5.56. The number of hydrogen-bond donors (Lipinski definition) is 1. The summed E-state index contributed by atoms with van der Waals surface area (Å²) < 4.78 is 27.5. The molecule has 0 saturated carbocycles. The second kappa shape index (κ2) is 6.56. The standard InChI is InChI=1S/C13H18ClNO4S/c1-13(2,3)19-9-12(16)15-8-10-4-6-11(7-5-10)20(14,17)18/h4-7H,8-9H2,1-3H3,(H,15,16). The van der Waals surface area contributed by atoms with E-state index in [-0.39, 0.29) is 23.0 Å². The van der Waals surface area contributed by atoms with Crippen molar-refractivity contribution in [3.8, 4) is 0 Å². The molecule has 7 heteroatoms. The molecule has 0 spiro atoms. The number of rotatable bonds is 5. The summed E-state index contributed by atoms with van der Waals surface area (Å²) in [5.41, 5.74) is 0.409. The molecule has 0 bridgehead atoms. The molecule has 1 aromatic carbocycles. The van der Waals surface area contributed by atoms with Gasteiger partial charge in [0.15, 0.2) is 0 Å². The van der Waals surface area contributed by atoms with Crippen molar-refractivity contribution in [2.24, 2.45) is 0 Å². The second-order valence-corrected chi connectivity index (χ2v) is 7.83. The number of ether oxygens (including phenoxy) is 1. The number of benzene rings is 1. The first kappa shape index (κ1) is 16.9. The number of hydrogen-bond acceptors (Lipinski definition) is 4. The quantitative estimate of drug-likeness (QED) is 0.843. The number of halogens is 1. The smallest absolute Gasteiger partial charge is 0.261 e. The zero-order valence-electron chi connectivity index (χ0n) is 11.6. The summed E-state index contributed by atoms with van der Waals surface area (Å²) in [6, 6.07) is 5.99. The maximum absolute atomic E-state index is 11.5. The fraction of sp³-hybridized carbons (Fsp3) is 0.462. The first-order valence-corrected chi connectivity index (χ1v) is 8.33. The maximum atomic E-state index is 11.5. The predicted molar refractivity (Wildman–Crippen MR) is 77.0 cm³/mol. The predicted octanol–water partition coefficient (Wildman–Crippen LogP) is 2.05. The molecule has 0 atom stereocenters. The molecule has 1 rings (SSSR count). The van der Waals surface area contributed by atoms with E-state index in [1.165, 1.54) is 12.1 Å². The molecule has 0 aliphatic rings. The lowest BCUT2D eigenvalue weighted by molar-refractivity contribution is -0.130. The second-order valence-electron chi connectivity index (χ2n) is 5.26. The van der Waals surface area contributed by atoms with Gasteiger partial charge in [0, 0.05) is 17.2 Å². The van der Waals surface area contributed by atoms with E-state index >= 15 is 0 Å². The van der Waals surface area contributed by atoms with E-state index in [1.807, 2.05) is 20.8 Å². The van der Waals surface area contributed by atoms with Gasteiger partial charge in [-0.25, -0.2) is 8.42 Å². The summed E-state index contributed by atoms with van der Waals surface area (Å²) in [4.78, 5) is 11.6. The van der Waals surface area contributed by atoms with Gasteiger partial charge in [0.2, 0.25) is 5.91 Å². The Morgan fingerprint density at radius 2 is 1.80 bits per heavy atom. The van der Waals surface area contributed by atoms with Crippen LogP contribution < -0.4 is 5.32 Å². The van der Waals surface area contributed by atoms with E-state index in [4.69, 9.17) is 15.4 Å². The molecule has 1 N–H and O–H groups in total. The van der Waals surface area contributed by atoms with Gasteiger partial charge >= 0.3 is 0 Å². The summed E-state index contributed by atoms with van der Waals surface area (Å²) in [5.74, 6) is -0.228. The van der Waals surface area contributed by atoms with E-state index in [0.717, 1.165) is 5.56 Å². The highest BCUT2D eigenvalue weighted by atomic mass is 35.7. The number of carbonyl (C=O) groups excluding carboxylic acids is 1. The van der Waals surface area contributed by atoms with Gasteiger partial charge in [0.1, 0.15) is 6.61 Å². The van der Waals surface area contributed by atoms with Crippen LogP contribution in [0.2, 0.25) is 0 Å². The molecule has 1 amide bonds. The van der Waals surface area contributed by atoms with Crippen molar-refractivity contribution in [1.29, 1.82) is 0 Å². The van der Waals surface area contributed by atoms with E-state index in [0.29, 0.717) is 6.54 Å². The minimum atomic E-state index is -3.71. The van der Waals surface area contributed by atoms with Gasteiger partial charge < -0.3 is 10.1 Å². The lowest BCUT2D eigenvalue weighted by atomic mass is 10.2. The van der Waals surface area contributed by atoms with Gasteiger partial charge in [-0.1, -0.05) is 12.1 Å². The first-order valence-electron chi connectivity index (χ1n) is 6.02. The summed E-state index contributed by atoms with van der Waals surface area (Å²) >= 11 is 0. The molecule has 112 valence electrons. The Morgan fingerprint density at radius 3 is 2.25 bits per heavy atom. The summed E-state index contributed by atoms with van der Waals surface area (Å²) in [5, 5.41) is 2.68. The fourth-order valence-electron chi connectivity index (χ4n) is 1.30. The average Bonchev–Trinajstić information content (AvgIpc) is 2.32. The molecule has 0 aromatic heterocycles. The molecular formula is C13H18ClNO4S. The Balaban J connectivity index is 2.48. The monoisotopic (exact) mass is 319 g/mol. The Bertz CT molecular complexity index is 561. The molecule has 0 radical (unpaired) electrons. The lowest BCUT2D eigenvalue weighted by Gasteiger charge is -2.18. The topological polar surface area (TPSA) is 72.5 Å². The Morgan fingerprint density at radius 1 is 1.25 bits per heavy atom. The third-order valence-corrected chi connectivity index (χ3v) is 3.70. The van der Waals surface area contributed by atoms with Crippen LogP contribution in [-0.4, -0.2) is 26.5 Å². The molecular weight excluding hydrogens is 302 g/mol. The van der Waals surface area contributed by atoms with Crippen LogP contribution in [0.15, 0.2) is 29.2 Å². The van der Waals surface area contributed by atoms with Crippen molar-refractivity contribution in [3.05, 3.63) is 29.8 Å². The minimum Gasteiger partial charge on any atom is -0.366 e. The number of carbonyl (C=O) groups is 1. The zero-order chi connectivity index (χ0) is 15.4. The molecule has 0 aliphatic carbocycles. The average molecular weight is 320 g/mol. The van der Waals surface area contributed by atoms with Gasteiger partial charge in [-0.05, 0) is 38.5 Å². The van der Waals surface area contributed by atoms with Crippen LogP contribution in [0, 0.1) is 0 Å². The Hall–Kier alpha value is -1.11. The molecule has 1 aromatic rings. The van der Waals surface area contributed by atoms with Crippen LogP contribution in [-0.2, 0) is 25.1 Å². The van der Waals surface area contributed by atoms with E-state index in [2.05, 4.69) is 5.32 Å². The highest BCUT2D eigenvalue weighted by molar-refractivity contribution is 8.13. The maximum Gasteiger partial charge on any atom is 0.261 e. The van der Waals surface area contributed by atoms with E-state index in [9.17, 15) is 13.2 Å². The molecule has 5 nitrogen and oxygen atoms in total. The molecule has 0 heterocycles. The summed E-state index contributed by atoms with van der Waals surface area (Å²) in [7, 11) is 1.50. The van der Waals surface area contributed by atoms with Crippen LogP contribution in [0.5, 0.6) is 0 Å². The van der Waals surface area contributed by atoms with E-state index in [1.54, 1.807) is 12.1 Å². The van der Waals surface area contributed by atoms with Gasteiger partial charge in [-0.2, -0.15) is 0 Å². The Labute approximate surface area is 123 Å².